The Morgan fingerprint density at radius 2 is 2.33 bits per heavy atom. The fraction of sp³-hybridized carbons (Fsp3) is 0.500. The molecule has 1 heterocycles. The molecule has 1 atom stereocenters. The molecule has 1 N–H and O–H groups in total. The number of hydrogen-bond donors (Lipinski definition) is 1. The molecule has 0 radical (unpaired) electrons. The summed E-state index contributed by atoms with van der Waals surface area (Å²) in [6, 6.07) is 6.33. The van der Waals surface area contributed by atoms with Crippen LogP contribution in [-0.4, -0.2) is 36.5 Å². The van der Waals surface area contributed by atoms with Crippen molar-refractivity contribution in [3.05, 3.63) is 34.3 Å². The monoisotopic (exact) mass is 266 g/mol. The van der Waals surface area contributed by atoms with Crippen LogP contribution in [0.1, 0.15) is 18.1 Å². The fourth-order valence-electron chi connectivity index (χ4n) is 2.40. The first kappa shape index (κ1) is 13.4. The highest BCUT2D eigenvalue weighted by Gasteiger charge is 2.21. The van der Waals surface area contributed by atoms with Crippen LogP contribution in [0.2, 0.25) is 5.02 Å². The summed E-state index contributed by atoms with van der Waals surface area (Å²) in [5, 5.41) is 4.24. The Morgan fingerprint density at radius 1 is 1.56 bits per heavy atom. The van der Waals surface area contributed by atoms with Crippen molar-refractivity contribution in [3.63, 3.8) is 0 Å². The van der Waals surface area contributed by atoms with Crippen molar-refractivity contribution >= 4 is 17.5 Å². The molecular weight excluding hydrogens is 248 g/mol. The van der Waals surface area contributed by atoms with Gasteiger partial charge < -0.3 is 10.2 Å². The molecule has 2 rings (SSSR count). The number of piperazine rings is 1. The molecule has 0 bridgehead atoms. The van der Waals surface area contributed by atoms with Crippen molar-refractivity contribution in [1.29, 1.82) is 0 Å². The normalized spacial score (nSPS) is 19.9. The lowest BCUT2D eigenvalue weighted by Crippen LogP contribution is -2.52. The molecule has 98 valence electrons. The highest BCUT2D eigenvalue weighted by atomic mass is 35.5. The van der Waals surface area contributed by atoms with E-state index < -0.39 is 0 Å². The van der Waals surface area contributed by atoms with E-state index in [9.17, 15) is 4.79 Å². The van der Waals surface area contributed by atoms with Crippen LogP contribution in [-0.2, 0) is 11.2 Å². The topological polar surface area (TPSA) is 32.3 Å². The van der Waals surface area contributed by atoms with Crippen molar-refractivity contribution < 1.29 is 4.79 Å². The molecule has 1 saturated heterocycles. The molecule has 0 aliphatic carbocycles. The smallest absolute Gasteiger partial charge is 0.219 e. The van der Waals surface area contributed by atoms with Crippen molar-refractivity contribution in [2.45, 2.75) is 26.3 Å². The molecule has 3 nitrogen and oxygen atoms in total. The number of rotatable bonds is 2. The van der Waals surface area contributed by atoms with Gasteiger partial charge in [-0.05, 0) is 36.6 Å². The van der Waals surface area contributed by atoms with Gasteiger partial charge in [-0.2, -0.15) is 0 Å². The summed E-state index contributed by atoms with van der Waals surface area (Å²) in [7, 11) is 0. The molecule has 0 aromatic heterocycles. The van der Waals surface area contributed by atoms with Gasteiger partial charge >= 0.3 is 0 Å². The largest absolute Gasteiger partial charge is 0.340 e. The number of benzene rings is 1. The number of amides is 1. The Labute approximate surface area is 113 Å². The maximum Gasteiger partial charge on any atom is 0.219 e. The minimum atomic E-state index is 0.161. The maximum absolute atomic E-state index is 11.4. The predicted molar refractivity (Wildman–Crippen MR) is 73.9 cm³/mol. The molecule has 1 aliphatic heterocycles. The van der Waals surface area contributed by atoms with Gasteiger partial charge in [0.15, 0.2) is 0 Å². The summed E-state index contributed by atoms with van der Waals surface area (Å²) in [5.74, 6) is 0.161. The number of carbonyl (C=O) groups excluding carboxylic acids is 1. The molecule has 1 amide bonds. The van der Waals surface area contributed by atoms with Gasteiger partial charge in [0.1, 0.15) is 0 Å². The second kappa shape index (κ2) is 5.72. The zero-order valence-electron chi connectivity index (χ0n) is 10.9. The minimum Gasteiger partial charge on any atom is -0.340 e. The van der Waals surface area contributed by atoms with E-state index in [0.717, 1.165) is 31.1 Å². The highest BCUT2D eigenvalue weighted by molar-refractivity contribution is 6.30. The van der Waals surface area contributed by atoms with Crippen LogP contribution >= 0.6 is 11.6 Å². The van der Waals surface area contributed by atoms with Crippen LogP contribution in [0, 0.1) is 6.92 Å². The lowest BCUT2D eigenvalue weighted by atomic mass is 10.00. The molecule has 1 unspecified atom stereocenters. The zero-order valence-corrected chi connectivity index (χ0v) is 11.6. The first-order valence-corrected chi connectivity index (χ1v) is 6.68. The summed E-state index contributed by atoms with van der Waals surface area (Å²) in [6.45, 7) is 6.18. The first-order valence-electron chi connectivity index (χ1n) is 6.30. The third kappa shape index (κ3) is 3.24. The van der Waals surface area contributed by atoms with Gasteiger partial charge in [0, 0.05) is 37.6 Å². The second-order valence-corrected chi connectivity index (χ2v) is 5.33. The van der Waals surface area contributed by atoms with Crippen molar-refractivity contribution in [1.82, 2.24) is 10.2 Å². The quantitative estimate of drug-likeness (QED) is 0.888. The van der Waals surface area contributed by atoms with Crippen LogP contribution in [0.25, 0.3) is 0 Å². The van der Waals surface area contributed by atoms with Gasteiger partial charge in [-0.3, -0.25) is 4.79 Å². The van der Waals surface area contributed by atoms with E-state index in [1.807, 2.05) is 17.0 Å². The Kier molecular flexibility index (Phi) is 4.25. The van der Waals surface area contributed by atoms with Crippen molar-refractivity contribution in [3.8, 4) is 0 Å². The summed E-state index contributed by atoms with van der Waals surface area (Å²) in [6.07, 6.45) is 0.937. The number of nitrogens with one attached hydrogen (secondary N) is 1. The average Bonchev–Trinajstić information content (AvgIpc) is 2.33. The van der Waals surface area contributed by atoms with E-state index >= 15 is 0 Å². The Hall–Kier alpha value is -1.06. The number of aryl methyl sites for hydroxylation is 1. The number of carbonyl (C=O) groups is 1. The molecule has 1 fully saturated rings. The van der Waals surface area contributed by atoms with E-state index in [-0.39, 0.29) is 5.91 Å². The maximum atomic E-state index is 11.4. The number of halogens is 1. The van der Waals surface area contributed by atoms with Gasteiger partial charge in [0.25, 0.3) is 0 Å². The summed E-state index contributed by atoms with van der Waals surface area (Å²) in [5.41, 5.74) is 2.51. The third-order valence-corrected chi connectivity index (χ3v) is 3.71. The first-order chi connectivity index (χ1) is 8.56. The number of hydrogen-bond acceptors (Lipinski definition) is 2. The summed E-state index contributed by atoms with van der Waals surface area (Å²) in [4.78, 5) is 13.3. The van der Waals surface area contributed by atoms with Crippen LogP contribution in [0.5, 0.6) is 0 Å². The molecule has 18 heavy (non-hydrogen) atoms. The SMILES string of the molecule is CC(=O)N1CCNC(Cc2ccc(Cl)cc2C)C1. The van der Waals surface area contributed by atoms with E-state index in [2.05, 4.69) is 18.3 Å². The molecule has 0 spiro atoms. The van der Waals surface area contributed by atoms with Crippen LogP contribution in [0.4, 0.5) is 0 Å². The highest BCUT2D eigenvalue weighted by Crippen LogP contribution is 2.17. The standard InChI is InChI=1S/C14H19ClN2O/c1-10-7-13(15)4-3-12(10)8-14-9-17(11(2)18)6-5-16-14/h3-4,7,14,16H,5-6,8-9H2,1-2H3. The predicted octanol–water partition coefficient (Wildman–Crippen LogP) is 2.01. The van der Waals surface area contributed by atoms with E-state index in [1.54, 1.807) is 6.92 Å². The average molecular weight is 267 g/mol. The Morgan fingerprint density at radius 3 is 3.00 bits per heavy atom. The third-order valence-electron chi connectivity index (χ3n) is 3.47. The molecular formula is C14H19ClN2O. The molecule has 1 aromatic rings. The molecule has 0 saturated carbocycles. The second-order valence-electron chi connectivity index (χ2n) is 4.89. The summed E-state index contributed by atoms with van der Waals surface area (Å²) >= 11 is 5.96. The molecule has 1 aromatic carbocycles. The van der Waals surface area contributed by atoms with Crippen molar-refractivity contribution in [2.24, 2.45) is 0 Å². The Bertz CT molecular complexity index is 447. The van der Waals surface area contributed by atoms with Gasteiger partial charge in [0.2, 0.25) is 5.91 Å². The minimum absolute atomic E-state index is 0.161. The summed E-state index contributed by atoms with van der Waals surface area (Å²) < 4.78 is 0. The van der Waals surface area contributed by atoms with Crippen LogP contribution in [0.3, 0.4) is 0 Å². The van der Waals surface area contributed by atoms with Gasteiger partial charge in [-0.15, -0.1) is 0 Å². The van der Waals surface area contributed by atoms with Crippen LogP contribution < -0.4 is 5.32 Å². The van der Waals surface area contributed by atoms with Gasteiger partial charge in [-0.1, -0.05) is 17.7 Å². The van der Waals surface area contributed by atoms with E-state index in [4.69, 9.17) is 11.6 Å². The van der Waals surface area contributed by atoms with E-state index in [1.165, 1.54) is 11.1 Å². The lowest BCUT2D eigenvalue weighted by Gasteiger charge is -2.33. The molecule has 1 aliphatic rings. The van der Waals surface area contributed by atoms with Crippen LogP contribution in [0.15, 0.2) is 18.2 Å². The fourth-order valence-corrected chi connectivity index (χ4v) is 2.63. The van der Waals surface area contributed by atoms with Gasteiger partial charge in [-0.25, -0.2) is 0 Å². The van der Waals surface area contributed by atoms with E-state index in [0.29, 0.717) is 6.04 Å². The van der Waals surface area contributed by atoms with Crippen molar-refractivity contribution in [2.75, 3.05) is 19.6 Å². The zero-order chi connectivity index (χ0) is 13.1. The molecule has 4 heteroatoms. The lowest BCUT2D eigenvalue weighted by molar-refractivity contribution is -0.130. The number of nitrogens with zero attached hydrogens (tertiary/aromatic N) is 1. The van der Waals surface area contributed by atoms with Gasteiger partial charge in [0.05, 0.1) is 0 Å². The Balaban J connectivity index is 2.02.